The highest BCUT2D eigenvalue weighted by atomic mass is 16.5. The van der Waals surface area contributed by atoms with E-state index in [1.54, 1.807) is 7.11 Å². The fraction of sp³-hybridized carbons (Fsp3) is 1.00. The molecule has 0 aliphatic carbocycles. The zero-order valence-electron chi connectivity index (χ0n) is 11.7. The van der Waals surface area contributed by atoms with Gasteiger partial charge in [0.15, 0.2) is 0 Å². The van der Waals surface area contributed by atoms with Crippen LogP contribution >= 0.6 is 0 Å². The van der Waals surface area contributed by atoms with Crippen molar-refractivity contribution in [3.8, 4) is 0 Å². The highest BCUT2D eigenvalue weighted by Crippen LogP contribution is 2.23. The van der Waals surface area contributed by atoms with Crippen molar-refractivity contribution in [3.63, 3.8) is 0 Å². The van der Waals surface area contributed by atoms with E-state index in [2.05, 4.69) is 10.2 Å². The smallest absolute Gasteiger partial charge is 0.0700 e. The van der Waals surface area contributed by atoms with Gasteiger partial charge >= 0.3 is 0 Å². The summed E-state index contributed by atoms with van der Waals surface area (Å²) in [5, 5.41) is 3.66. The van der Waals surface area contributed by atoms with E-state index in [9.17, 15) is 0 Å². The first-order chi connectivity index (χ1) is 8.92. The zero-order chi connectivity index (χ0) is 12.6. The predicted octanol–water partition coefficient (Wildman–Crippen LogP) is 1.26. The molecule has 106 valence electrons. The molecule has 0 aromatic heterocycles. The van der Waals surface area contributed by atoms with Crippen molar-refractivity contribution in [1.29, 1.82) is 0 Å². The van der Waals surface area contributed by atoms with Gasteiger partial charge in [0, 0.05) is 25.7 Å². The van der Waals surface area contributed by atoms with Gasteiger partial charge in [-0.3, -0.25) is 4.90 Å². The summed E-state index contributed by atoms with van der Waals surface area (Å²) < 4.78 is 10.6. The average Bonchev–Trinajstić information content (AvgIpc) is 2.93. The van der Waals surface area contributed by atoms with Crippen LogP contribution in [0.4, 0.5) is 0 Å². The number of nitrogens with zero attached hydrogens (tertiary/aromatic N) is 1. The molecule has 2 aliphatic heterocycles. The first kappa shape index (κ1) is 14.3. The molecule has 1 N–H and O–H groups in total. The van der Waals surface area contributed by atoms with Crippen molar-refractivity contribution in [2.45, 2.75) is 44.2 Å². The summed E-state index contributed by atoms with van der Waals surface area (Å²) in [5.41, 5.74) is 0. The monoisotopic (exact) mass is 256 g/mol. The SMILES string of the molecule is COCCOCCN1CCCCC1C1CCCN1. The molecule has 4 heteroatoms. The highest BCUT2D eigenvalue weighted by molar-refractivity contribution is 4.90. The quantitative estimate of drug-likeness (QED) is 0.695. The van der Waals surface area contributed by atoms with Crippen molar-refractivity contribution in [2.24, 2.45) is 0 Å². The van der Waals surface area contributed by atoms with Crippen LogP contribution < -0.4 is 5.32 Å². The number of hydrogen-bond donors (Lipinski definition) is 1. The molecule has 2 atom stereocenters. The van der Waals surface area contributed by atoms with Crippen molar-refractivity contribution < 1.29 is 9.47 Å². The molecule has 0 saturated carbocycles. The Labute approximate surface area is 111 Å². The Balaban J connectivity index is 1.69. The molecule has 2 saturated heterocycles. The lowest BCUT2D eigenvalue weighted by Crippen LogP contribution is -2.51. The van der Waals surface area contributed by atoms with E-state index in [-0.39, 0.29) is 0 Å². The number of ether oxygens (including phenoxy) is 2. The number of methoxy groups -OCH3 is 1. The molecule has 0 aromatic rings. The minimum atomic E-state index is 0.702. The maximum Gasteiger partial charge on any atom is 0.0700 e. The van der Waals surface area contributed by atoms with Crippen LogP contribution in [-0.4, -0.2) is 63.5 Å². The molecule has 4 nitrogen and oxygen atoms in total. The number of nitrogens with one attached hydrogen (secondary N) is 1. The Hall–Kier alpha value is -0.160. The molecule has 0 radical (unpaired) electrons. The van der Waals surface area contributed by atoms with Crippen LogP contribution in [0.2, 0.25) is 0 Å². The lowest BCUT2D eigenvalue weighted by molar-refractivity contribution is 0.0369. The van der Waals surface area contributed by atoms with E-state index >= 15 is 0 Å². The van der Waals surface area contributed by atoms with Crippen LogP contribution in [0.15, 0.2) is 0 Å². The molecular weight excluding hydrogens is 228 g/mol. The van der Waals surface area contributed by atoms with Gasteiger partial charge in [0.1, 0.15) is 0 Å². The maximum absolute atomic E-state index is 5.60. The first-order valence-corrected chi connectivity index (χ1v) is 7.46. The van der Waals surface area contributed by atoms with Gasteiger partial charge in [-0.1, -0.05) is 6.42 Å². The maximum atomic E-state index is 5.60. The van der Waals surface area contributed by atoms with E-state index in [1.165, 1.54) is 45.2 Å². The van der Waals surface area contributed by atoms with Crippen LogP contribution in [0.1, 0.15) is 32.1 Å². The van der Waals surface area contributed by atoms with Gasteiger partial charge in [-0.2, -0.15) is 0 Å². The third-order valence-corrected chi connectivity index (χ3v) is 4.18. The average molecular weight is 256 g/mol. The molecule has 18 heavy (non-hydrogen) atoms. The van der Waals surface area contributed by atoms with Gasteiger partial charge in [0.05, 0.1) is 19.8 Å². The van der Waals surface area contributed by atoms with Crippen molar-refractivity contribution in [1.82, 2.24) is 10.2 Å². The van der Waals surface area contributed by atoms with Gasteiger partial charge in [-0.05, 0) is 38.8 Å². The summed E-state index contributed by atoms with van der Waals surface area (Å²) in [7, 11) is 1.72. The van der Waals surface area contributed by atoms with E-state index in [0.29, 0.717) is 6.61 Å². The fourth-order valence-electron chi connectivity index (χ4n) is 3.22. The second-order valence-corrected chi connectivity index (χ2v) is 5.41. The van der Waals surface area contributed by atoms with Crippen LogP contribution in [-0.2, 0) is 9.47 Å². The van der Waals surface area contributed by atoms with Gasteiger partial charge in [0.2, 0.25) is 0 Å². The Morgan fingerprint density at radius 3 is 2.83 bits per heavy atom. The number of hydrogen-bond acceptors (Lipinski definition) is 4. The zero-order valence-corrected chi connectivity index (χ0v) is 11.7. The van der Waals surface area contributed by atoms with E-state index in [0.717, 1.165) is 31.8 Å². The molecule has 2 unspecified atom stereocenters. The van der Waals surface area contributed by atoms with Gasteiger partial charge in [-0.25, -0.2) is 0 Å². The largest absolute Gasteiger partial charge is 0.382 e. The van der Waals surface area contributed by atoms with E-state index < -0.39 is 0 Å². The standard InChI is InChI=1S/C14H28N2O2/c1-17-11-12-18-10-9-16-8-3-2-6-14(16)13-5-4-7-15-13/h13-15H,2-12H2,1H3. The van der Waals surface area contributed by atoms with E-state index in [1.807, 2.05) is 0 Å². The fourth-order valence-corrected chi connectivity index (χ4v) is 3.22. The summed E-state index contributed by atoms with van der Waals surface area (Å²) in [6.45, 7) is 5.79. The van der Waals surface area contributed by atoms with Crippen LogP contribution in [0.3, 0.4) is 0 Å². The highest BCUT2D eigenvalue weighted by Gasteiger charge is 2.30. The number of likely N-dealkylation sites (tertiary alicyclic amines) is 1. The van der Waals surface area contributed by atoms with E-state index in [4.69, 9.17) is 9.47 Å². The Kier molecular flexibility index (Phi) is 6.41. The second kappa shape index (κ2) is 8.10. The summed E-state index contributed by atoms with van der Waals surface area (Å²) in [6.07, 6.45) is 6.80. The number of rotatable bonds is 7. The van der Waals surface area contributed by atoms with Crippen molar-refractivity contribution in [3.05, 3.63) is 0 Å². The topological polar surface area (TPSA) is 33.7 Å². The first-order valence-electron chi connectivity index (χ1n) is 7.46. The number of piperidine rings is 1. The molecule has 2 aliphatic rings. The third kappa shape index (κ3) is 4.19. The Morgan fingerprint density at radius 2 is 2.06 bits per heavy atom. The summed E-state index contributed by atoms with van der Waals surface area (Å²) in [4.78, 5) is 2.64. The lowest BCUT2D eigenvalue weighted by atomic mass is 9.94. The molecule has 2 rings (SSSR count). The molecule has 0 bridgehead atoms. The Bertz CT molecular complexity index is 220. The van der Waals surface area contributed by atoms with Gasteiger partial charge < -0.3 is 14.8 Å². The van der Waals surface area contributed by atoms with Crippen LogP contribution in [0.25, 0.3) is 0 Å². The normalized spacial score (nSPS) is 29.8. The molecule has 0 spiro atoms. The molecule has 0 aromatic carbocycles. The molecule has 2 heterocycles. The van der Waals surface area contributed by atoms with Gasteiger partial charge in [0.25, 0.3) is 0 Å². The molecule has 0 amide bonds. The van der Waals surface area contributed by atoms with Crippen LogP contribution in [0, 0.1) is 0 Å². The van der Waals surface area contributed by atoms with Crippen molar-refractivity contribution in [2.75, 3.05) is 46.6 Å². The Morgan fingerprint density at radius 1 is 1.11 bits per heavy atom. The third-order valence-electron chi connectivity index (χ3n) is 4.18. The van der Waals surface area contributed by atoms with Crippen molar-refractivity contribution >= 4 is 0 Å². The molecular formula is C14H28N2O2. The predicted molar refractivity (Wildman–Crippen MR) is 72.9 cm³/mol. The lowest BCUT2D eigenvalue weighted by Gasteiger charge is -2.39. The summed E-state index contributed by atoms with van der Waals surface area (Å²) >= 11 is 0. The summed E-state index contributed by atoms with van der Waals surface area (Å²) in [6, 6.07) is 1.47. The summed E-state index contributed by atoms with van der Waals surface area (Å²) in [5.74, 6) is 0. The van der Waals surface area contributed by atoms with Gasteiger partial charge in [-0.15, -0.1) is 0 Å². The van der Waals surface area contributed by atoms with Crippen LogP contribution in [0.5, 0.6) is 0 Å². The second-order valence-electron chi connectivity index (χ2n) is 5.41. The minimum absolute atomic E-state index is 0.702. The molecule has 2 fully saturated rings. The minimum Gasteiger partial charge on any atom is -0.382 e.